The van der Waals surface area contributed by atoms with Crippen LogP contribution in [0.5, 0.6) is 0 Å². The van der Waals surface area contributed by atoms with Crippen molar-refractivity contribution in [3.05, 3.63) is 98.7 Å². The highest BCUT2D eigenvalue weighted by molar-refractivity contribution is 6.31. The zero-order valence-electron chi connectivity index (χ0n) is 35.2. The molecule has 6 aromatic rings. The van der Waals surface area contributed by atoms with E-state index in [1.165, 1.54) is 5.56 Å². The van der Waals surface area contributed by atoms with Crippen molar-refractivity contribution in [2.75, 3.05) is 82.8 Å². The summed E-state index contributed by atoms with van der Waals surface area (Å²) < 4.78 is 9.45. The maximum Gasteiger partial charge on any atom is 0.229 e. The van der Waals surface area contributed by atoms with Crippen molar-refractivity contribution in [2.45, 2.75) is 52.0 Å². The van der Waals surface area contributed by atoms with Gasteiger partial charge in [-0.25, -0.2) is 15.0 Å². The molecule has 2 N–H and O–H groups in total. The van der Waals surface area contributed by atoms with Gasteiger partial charge in [-0.3, -0.25) is 9.59 Å². The van der Waals surface area contributed by atoms with E-state index in [0.29, 0.717) is 63.1 Å². The van der Waals surface area contributed by atoms with Crippen LogP contribution in [0, 0.1) is 25.7 Å². The molecule has 1 aromatic carbocycles. The molecule has 16 nitrogen and oxygen atoms in total. The second-order valence-electron chi connectivity index (χ2n) is 17.1. The van der Waals surface area contributed by atoms with Gasteiger partial charge in [-0.2, -0.15) is 19.2 Å². The number of hydrogen-bond acceptors (Lipinski definition) is 12. The number of hydrogen-bond donors (Lipinski definition) is 2. The number of carbonyl (C=O) groups excluding carboxylic acids is 2. The van der Waals surface area contributed by atoms with Crippen molar-refractivity contribution < 1.29 is 14.0 Å². The Labute approximate surface area is 359 Å². The lowest BCUT2D eigenvalue weighted by atomic mass is 9.90. The van der Waals surface area contributed by atoms with Crippen molar-refractivity contribution in [3.8, 4) is 0 Å². The summed E-state index contributed by atoms with van der Waals surface area (Å²) in [6.07, 6.45) is 6.83. The monoisotopic (exact) mass is 845 g/mol. The summed E-state index contributed by atoms with van der Waals surface area (Å²) in [6, 6.07) is 10.2. The van der Waals surface area contributed by atoms with Gasteiger partial charge in [0.15, 0.2) is 17.2 Å². The fourth-order valence-corrected chi connectivity index (χ4v) is 9.99. The Balaban J connectivity index is 0.805. The van der Waals surface area contributed by atoms with Crippen molar-refractivity contribution in [1.29, 1.82) is 0 Å². The summed E-state index contributed by atoms with van der Waals surface area (Å²) in [5, 5.41) is 17.1. The van der Waals surface area contributed by atoms with Crippen LogP contribution in [0.15, 0.2) is 47.1 Å². The van der Waals surface area contributed by atoms with E-state index in [4.69, 9.17) is 26.0 Å². The molecule has 5 aromatic heterocycles. The van der Waals surface area contributed by atoms with Gasteiger partial charge in [-0.1, -0.05) is 23.7 Å². The number of rotatable bonds is 10. The van der Waals surface area contributed by atoms with E-state index in [9.17, 15) is 9.59 Å². The van der Waals surface area contributed by atoms with Gasteiger partial charge >= 0.3 is 0 Å². The Kier molecular flexibility index (Phi) is 10.4. The number of aromatic nitrogens is 7. The molecule has 2 amide bonds. The van der Waals surface area contributed by atoms with E-state index in [2.05, 4.69) is 47.7 Å². The normalized spacial score (nSPS) is 18.3. The Bertz CT molecular complexity index is 2640. The number of oxazole rings is 1. The molecule has 0 saturated carbocycles. The maximum absolute atomic E-state index is 13.7. The molecule has 17 heteroatoms. The van der Waals surface area contributed by atoms with Crippen LogP contribution in [0.3, 0.4) is 0 Å². The van der Waals surface area contributed by atoms with Gasteiger partial charge in [0, 0.05) is 107 Å². The zero-order chi connectivity index (χ0) is 41.9. The topological polar surface area (TPSA) is 158 Å². The first-order chi connectivity index (χ1) is 29.6. The number of nitrogens with zero attached hydrogens (tertiary/aromatic N) is 11. The molecule has 9 heterocycles. The number of nitrogens with one attached hydrogen (secondary N) is 2. The lowest BCUT2D eigenvalue weighted by Crippen LogP contribution is -2.55. The third-order valence-electron chi connectivity index (χ3n) is 13.0. The molecule has 0 radical (unpaired) electrons. The number of aryl methyl sites for hydroxylation is 2. The highest BCUT2D eigenvalue weighted by atomic mass is 35.5. The van der Waals surface area contributed by atoms with E-state index in [-0.39, 0.29) is 29.6 Å². The zero-order valence-corrected chi connectivity index (χ0v) is 36.0. The number of fused-ring (bicyclic) bond motifs is 4. The van der Waals surface area contributed by atoms with E-state index < -0.39 is 0 Å². The average molecular weight is 846 g/mol. The van der Waals surface area contributed by atoms with Crippen LogP contribution in [0.4, 0.5) is 11.6 Å². The summed E-state index contributed by atoms with van der Waals surface area (Å²) in [6.45, 7) is 10.5. The molecule has 4 aliphatic heterocycles. The average Bonchev–Trinajstić information content (AvgIpc) is 3.86. The summed E-state index contributed by atoms with van der Waals surface area (Å²) in [4.78, 5) is 49.9. The quantitative estimate of drug-likeness (QED) is 0.208. The van der Waals surface area contributed by atoms with E-state index in [1.807, 2.05) is 60.1 Å². The van der Waals surface area contributed by atoms with Crippen molar-refractivity contribution >= 4 is 46.3 Å². The predicted octanol–water partition coefficient (Wildman–Crippen LogP) is 3.23. The first-order valence-corrected chi connectivity index (χ1v) is 21.8. The smallest absolute Gasteiger partial charge is 0.229 e. The Morgan fingerprint density at radius 3 is 2.13 bits per heavy atom. The van der Waals surface area contributed by atoms with Gasteiger partial charge in [0.25, 0.3) is 0 Å². The standard InChI is InChI=1S/C44H52ClN13O3/c1-26-37(50-27(2)61-26)25-54(4)44(60)30-23-56(24-30)42-33-8-14-47-20-34(40(33)52-39-11-17-49-58(39)42)31-6-5-28(19-35(31)45)12-18-53(3)43(59)29-21-55(22-29)41-32-7-13-46-15-9-36(32)51-38-10-16-48-57(38)41/h5-6,10-11,16-17,19,29-30,34,46-47H,7-9,12-15,18,20-25H2,1-4H3. The van der Waals surface area contributed by atoms with Gasteiger partial charge in [0.1, 0.15) is 23.1 Å². The number of anilines is 2. The van der Waals surface area contributed by atoms with Crippen molar-refractivity contribution in [1.82, 2.24) is 54.6 Å². The number of likely N-dealkylation sites (N-methyl/N-ethyl adjacent to an activating group) is 1. The van der Waals surface area contributed by atoms with Crippen LogP contribution < -0.4 is 20.4 Å². The number of amides is 2. The Morgan fingerprint density at radius 1 is 0.803 bits per heavy atom. The minimum Gasteiger partial charge on any atom is -0.446 e. The highest BCUT2D eigenvalue weighted by Gasteiger charge is 2.40. The second-order valence-corrected chi connectivity index (χ2v) is 17.5. The van der Waals surface area contributed by atoms with Crippen molar-refractivity contribution in [2.24, 2.45) is 11.8 Å². The van der Waals surface area contributed by atoms with Gasteiger partial charge in [-0.05, 0) is 56.5 Å². The van der Waals surface area contributed by atoms with Gasteiger partial charge in [0.2, 0.25) is 11.8 Å². The van der Waals surface area contributed by atoms with Gasteiger partial charge in [-0.15, -0.1) is 0 Å². The number of halogens is 1. The minimum absolute atomic E-state index is 0.0698. The molecule has 1 unspecified atom stereocenters. The van der Waals surface area contributed by atoms with Crippen LogP contribution in [0.1, 0.15) is 56.9 Å². The summed E-state index contributed by atoms with van der Waals surface area (Å²) in [7, 11) is 3.73. The fourth-order valence-electron chi connectivity index (χ4n) is 9.66. The van der Waals surface area contributed by atoms with Gasteiger partial charge in [0.05, 0.1) is 42.2 Å². The van der Waals surface area contributed by atoms with Crippen LogP contribution in [0.2, 0.25) is 5.02 Å². The van der Waals surface area contributed by atoms with E-state index >= 15 is 0 Å². The van der Waals surface area contributed by atoms with Crippen LogP contribution in [-0.4, -0.2) is 129 Å². The molecule has 4 aliphatic rings. The van der Waals surface area contributed by atoms with Crippen molar-refractivity contribution in [3.63, 3.8) is 0 Å². The number of benzene rings is 1. The minimum atomic E-state index is -0.138. The molecule has 2 fully saturated rings. The fraction of sp³-hybridized carbons (Fsp3) is 0.477. The molecule has 10 rings (SSSR count). The largest absolute Gasteiger partial charge is 0.446 e. The predicted molar refractivity (Wildman–Crippen MR) is 231 cm³/mol. The molecule has 2 saturated heterocycles. The Hall–Kier alpha value is -5.58. The second kappa shape index (κ2) is 16.0. The Morgan fingerprint density at radius 2 is 1.44 bits per heavy atom. The molecule has 0 aliphatic carbocycles. The first-order valence-electron chi connectivity index (χ1n) is 21.5. The SMILES string of the molecule is Cc1nc(CN(C)C(=O)C2CN(c3c4c(nc5ccnn35)C(c3ccc(CCN(C)C(=O)C5CN(c6c7c(nc8ccnn68)CCNCC7)C5)cc3Cl)CNCC4)C2)c(C)o1. The lowest BCUT2D eigenvalue weighted by molar-refractivity contribution is -0.136. The maximum atomic E-state index is 13.7. The third kappa shape index (κ3) is 7.27. The highest BCUT2D eigenvalue weighted by Crippen LogP contribution is 2.39. The molecule has 61 heavy (non-hydrogen) atoms. The molecular formula is C44H52ClN13O3. The summed E-state index contributed by atoms with van der Waals surface area (Å²) in [5.74, 6) is 3.38. The molecule has 0 spiro atoms. The number of carbonyl (C=O) groups is 2. The molecular weight excluding hydrogens is 794 g/mol. The first kappa shape index (κ1) is 39.5. The summed E-state index contributed by atoms with van der Waals surface area (Å²) in [5.41, 5.74) is 8.97. The van der Waals surface area contributed by atoms with Crippen LogP contribution in [-0.2, 0) is 41.8 Å². The van der Waals surface area contributed by atoms with Crippen LogP contribution in [0.25, 0.3) is 11.3 Å². The van der Waals surface area contributed by atoms with Gasteiger partial charge < -0.3 is 34.7 Å². The lowest BCUT2D eigenvalue weighted by Gasteiger charge is -2.42. The third-order valence-corrected chi connectivity index (χ3v) is 13.4. The van der Waals surface area contributed by atoms with E-state index in [0.717, 1.165) is 101 Å². The summed E-state index contributed by atoms with van der Waals surface area (Å²) >= 11 is 7.16. The van der Waals surface area contributed by atoms with Crippen LogP contribution >= 0.6 is 11.6 Å². The molecule has 1 atom stereocenters. The van der Waals surface area contributed by atoms with E-state index in [1.54, 1.807) is 17.3 Å². The molecule has 318 valence electrons. The molecule has 0 bridgehead atoms.